The number of nitrogens with one attached hydrogen (secondary N) is 2. The number of anilines is 1. The molecule has 0 spiro atoms. The summed E-state index contributed by atoms with van der Waals surface area (Å²) in [6, 6.07) is 17.1. The van der Waals surface area contributed by atoms with E-state index in [1.807, 2.05) is 35.0 Å². The Morgan fingerprint density at radius 3 is 2.77 bits per heavy atom. The average Bonchev–Trinajstić information content (AvgIpc) is 3.07. The predicted molar refractivity (Wildman–Crippen MR) is 98.8 cm³/mol. The number of hydrogen-bond acceptors (Lipinski definition) is 2. The summed E-state index contributed by atoms with van der Waals surface area (Å²) in [6.07, 6.45) is 1.90. The number of amides is 2. The molecule has 26 heavy (non-hydrogen) atoms. The fourth-order valence-electron chi connectivity index (χ4n) is 2.64. The van der Waals surface area contributed by atoms with Gasteiger partial charge in [-0.1, -0.05) is 18.2 Å². The molecule has 0 unspecified atom stereocenters. The molecule has 1 aromatic heterocycles. The summed E-state index contributed by atoms with van der Waals surface area (Å²) in [5, 5.41) is 5.59. The van der Waals surface area contributed by atoms with Crippen LogP contribution in [-0.2, 0) is 13.1 Å². The molecule has 2 amide bonds. The standard InChI is InChI=1S/C20H20FN3O2/c1-26-19-9-3-7-17(12-19)23-20(25)22-13-18-8-4-10-24(18)14-15-5-2-6-16(21)11-15/h2-12H,13-14H2,1H3,(H2,22,23,25). The highest BCUT2D eigenvalue weighted by atomic mass is 19.1. The third kappa shape index (κ3) is 4.63. The number of urea groups is 1. The van der Waals surface area contributed by atoms with Crippen molar-refractivity contribution in [3.05, 3.63) is 83.9 Å². The molecule has 6 heteroatoms. The SMILES string of the molecule is COc1cccc(NC(=O)NCc2cccn2Cc2cccc(F)c2)c1. The van der Waals surface area contributed by atoms with E-state index in [0.29, 0.717) is 24.5 Å². The van der Waals surface area contributed by atoms with E-state index in [2.05, 4.69) is 10.6 Å². The van der Waals surface area contributed by atoms with Crippen LogP contribution in [0.4, 0.5) is 14.9 Å². The second-order valence-corrected chi connectivity index (χ2v) is 5.80. The van der Waals surface area contributed by atoms with Crippen molar-refractivity contribution in [3.8, 4) is 5.75 Å². The van der Waals surface area contributed by atoms with E-state index in [9.17, 15) is 9.18 Å². The normalized spacial score (nSPS) is 10.4. The van der Waals surface area contributed by atoms with Crippen molar-refractivity contribution in [2.75, 3.05) is 12.4 Å². The minimum atomic E-state index is -0.309. The molecule has 1 heterocycles. The zero-order valence-corrected chi connectivity index (χ0v) is 14.4. The highest BCUT2D eigenvalue weighted by Crippen LogP contribution is 2.16. The summed E-state index contributed by atoms with van der Waals surface area (Å²) in [6.45, 7) is 0.900. The second kappa shape index (κ2) is 8.20. The molecule has 0 bridgehead atoms. The maximum Gasteiger partial charge on any atom is 0.319 e. The number of benzene rings is 2. The smallest absolute Gasteiger partial charge is 0.319 e. The van der Waals surface area contributed by atoms with Gasteiger partial charge in [0.05, 0.1) is 13.7 Å². The second-order valence-electron chi connectivity index (χ2n) is 5.80. The van der Waals surface area contributed by atoms with Gasteiger partial charge in [0.25, 0.3) is 0 Å². The minimum absolute atomic E-state index is 0.257. The molecule has 2 N–H and O–H groups in total. The first-order valence-corrected chi connectivity index (χ1v) is 8.21. The zero-order chi connectivity index (χ0) is 18.4. The van der Waals surface area contributed by atoms with Crippen molar-refractivity contribution >= 4 is 11.7 Å². The van der Waals surface area contributed by atoms with E-state index in [-0.39, 0.29) is 11.8 Å². The topological polar surface area (TPSA) is 55.3 Å². The molecule has 0 aliphatic rings. The summed E-state index contributed by atoms with van der Waals surface area (Å²) >= 11 is 0. The van der Waals surface area contributed by atoms with Gasteiger partial charge in [0, 0.05) is 30.2 Å². The molecular weight excluding hydrogens is 333 g/mol. The van der Waals surface area contributed by atoms with Crippen LogP contribution >= 0.6 is 0 Å². The van der Waals surface area contributed by atoms with Gasteiger partial charge in [0.2, 0.25) is 0 Å². The van der Waals surface area contributed by atoms with Crippen LogP contribution in [0, 0.1) is 5.82 Å². The summed E-state index contributed by atoms with van der Waals surface area (Å²) in [4.78, 5) is 12.1. The fourth-order valence-corrected chi connectivity index (χ4v) is 2.64. The van der Waals surface area contributed by atoms with Crippen molar-refractivity contribution in [2.24, 2.45) is 0 Å². The van der Waals surface area contributed by atoms with Crippen molar-refractivity contribution < 1.29 is 13.9 Å². The third-order valence-electron chi connectivity index (χ3n) is 3.92. The van der Waals surface area contributed by atoms with E-state index in [1.165, 1.54) is 12.1 Å². The zero-order valence-electron chi connectivity index (χ0n) is 14.4. The lowest BCUT2D eigenvalue weighted by Gasteiger charge is -2.12. The van der Waals surface area contributed by atoms with Crippen LogP contribution in [0.15, 0.2) is 66.9 Å². The average molecular weight is 353 g/mol. The third-order valence-corrected chi connectivity index (χ3v) is 3.92. The van der Waals surface area contributed by atoms with Gasteiger partial charge in [-0.2, -0.15) is 0 Å². The predicted octanol–water partition coefficient (Wildman–Crippen LogP) is 4.01. The highest BCUT2D eigenvalue weighted by molar-refractivity contribution is 5.89. The van der Waals surface area contributed by atoms with Crippen LogP contribution in [0.3, 0.4) is 0 Å². The number of nitrogens with zero attached hydrogens (tertiary/aromatic N) is 1. The fraction of sp³-hybridized carbons (Fsp3) is 0.150. The van der Waals surface area contributed by atoms with Gasteiger partial charge < -0.3 is 19.9 Å². The number of aromatic nitrogens is 1. The maximum atomic E-state index is 13.3. The van der Waals surface area contributed by atoms with E-state index < -0.39 is 0 Å². The summed E-state index contributed by atoms with van der Waals surface area (Å²) in [5.74, 6) is 0.416. The Labute approximate surface area is 151 Å². The van der Waals surface area contributed by atoms with Gasteiger partial charge in [-0.3, -0.25) is 0 Å². The number of carbonyl (C=O) groups excluding carboxylic acids is 1. The molecule has 2 aromatic carbocycles. The highest BCUT2D eigenvalue weighted by Gasteiger charge is 2.06. The van der Waals surface area contributed by atoms with Crippen LogP contribution in [0.1, 0.15) is 11.3 Å². The quantitative estimate of drug-likeness (QED) is 0.704. The van der Waals surface area contributed by atoms with E-state index in [4.69, 9.17) is 4.74 Å². The first-order valence-electron chi connectivity index (χ1n) is 8.21. The Bertz CT molecular complexity index is 892. The molecule has 0 atom stereocenters. The summed E-state index contributed by atoms with van der Waals surface area (Å²) < 4.78 is 20.4. The summed E-state index contributed by atoms with van der Waals surface area (Å²) in [5.41, 5.74) is 2.44. The Hall–Kier alpha value is -3.28. The number of methoxy groups -OCH3 is 1. The number of halogens is 1. The van der Waals surface area contributed by atoms with Crippen molar-refractivity contribution in [2.45, 2.75) is 13.1 Å². The first-order chi connectivity index (χ1) is 12.6. The molecule has 0 aliphatic carbocycles. The molecule has 0 radical (unpaired) electrons. The molecule has 0 aliphatic heterocycles. The van der Waals surface area contributed by atoms with E-state index >= 15 is 0 Å². The monoisotopic (exact) mass is 353 g/mol. The lowest BCUT2D eigenvalue weighted by Crippen LogP contribution is -2.29. The van der Waals surface area contributed by atoms with Crippen molar-refractivity contribution in [1.82, 2.24) is 9.88 Å². The molecule has 3 rings (SSSR count). The molecule has 3 aromatic rings. The number of hydrogen-bond donors (Lipinski definition) is 2. The molecule has 0 fully saturated rings. The number of ether oxygens (including phenoxy) is 1. The number of rotatable bonds is 6. The Balaban J connectivity index is 1.58. The van der Waals surface area contributed by atoms with Crippen molar-refractivity contribution in [3.63, 3.8) is 0 Å². The van der Waals surface area contributed by atoms with Gasteiger partial charge in [-0.05, 0) is 42.0 Å². The van der Waals surface area contributed by atoms with Gasteiger partial charge in [-0.25, -0.2) is 9.18 Å². The lowest BCUT2D eigenvalue weighted by molar-refractivity contribution is 0.251. The van der Waals surface area contributed by atoms with Gasteiger partial charge in [-0.15, -0.1) is 0 Å². The largest absolute Gasteiger partial charge is 0.497 e. The minimum Gasteiger partial charge on any atom is -0.497 e. The summed E-state index contributed by atoms with van der Waals surface area (Å²) in [7, 11) is 1.58. The van der Waals surface area contributed by atoms with Crippen LogP contribution in [0.25, 0.3) is 0 Å². The number of carbonyl (C=O) groups is 1. The maximum absolute atomic E-state index is 13.3. The van der Waals surface area contributed by atoms with Crippen LogP contribution in [0.2, 0.25) is 0 Å². The van der Waals surface area contributed by atoms with E-state index in [0.717, 1.165) is 11.3 Å². The van der Waals surface area contributed by atoms with Crippen LogP contribution in [0.5, 0.6) is 5.75 Å². The van der Waals surface area contributed by atoms with Gasteiger partial charge in [0.15, 0.2) is 0 Å². The Kier molecular flexibility index (Phi) is 5.53. The van der Waals surface area contributed by atoms with Gasteiger partial charge in [0.1, 0.15) is 11.6 Å². The Morgan fingerprint density at radius 2 is 1.96 bits per heavy atom. The molecule has 134 valence electrons. The van der Waals surface area contributed by atoms with E-state index in [1.54, 1.807) is 31.4 Å². The Morgan fingerprint density at radius 1 is 1.12 bits per heavy atom. The van der Waals surface area contributed by atoms with Crippen LogP contribution < -0.4 is 15.4 Å². The lowest BCUT2D eigenvalue weighted by atomic mass is 10.2. The van der Waals surface area contributed by atoms with Gasteiger partial charge >= 0.3 is 6.03 Å². The molecular formula is C20H20FN3O2. The molecule has 0 saturated carbocycles. The van der Waals surface area contributed by atoms with Crippen molar-refractivity contribution in [1.29, 1.82) is 0 Å². The first kappa shape index (κ1) is 17.5. The molecule has 5 nitrogen and oxygen atoms in total. The molecule has 0 saturated heterocycles. The van der Waals surface area contributed by atoms with Crippen LogP contribution in [-0.4, -0.2) is 17.7 Å².